The predicted octanol–water partition coefficient (Wildman–Crippen LogP) is 2.33. The monoisotopic (exact) mass is 251 g/mol. The van der Waals surface area contributed by atoms with E-state index >= 15 is 0 Å². The molecular formula is C13H17NO4. The van der Waals surface area contributed by atoms with Crippen LogP contribution in [0.25, 0.3) is 0 Å². The summed E-state index contributed by atoms with van der Waals surface area (Å²) in [5.74, 6) is 0.0899. The molecule has 0 saturated heterocycles. The molecule has 0 atom stereocenters. The Hall–Kier alpha value is -1.75. The molecule has 0 bridgehead atoms. The van der Waals surface area contributed by atoms with Crippen LogP contribution in [0.3, 0.4) is 0 Å². The highest BCUT2D eigenvalue weighted by atomic mass is 16.5. The Morgan fingerprint density at radius 2 is 1.94 bits per heavy atom. The molecule has 5 nitrogen and oxygen atoms in total. The van der Waals surface area contributed by atoms with Gasteiger partial charge in [0.15, 0.2) is 0 Å². The number of benzene rings is 1. The van der Waals surface area contributed by atoms with Gasteiger partial charge in [0.2, 0.25) is 0 Å². The number of amides is 1. The Morgan fingerprint density at radius 3 is 2.56 bits per heavy atom. The molecule has 1 aromatic carbocycles. The lowest BCUT2D eigenvalue weighted by Gasteiger charge is -2.04. The van der Waals surface area contributed by atoms with E-state index < -0.39 is 5.91 Å². The third kappa shape index (κ3) is 5.54. The summed E-state index contributed by atoms with van der Waals surface area (Å²) in [4.78, 5) is 20.3. The molecule has 18 heavy (non-hydrogen) atoms. The van der Waals surface area contributed by atoms with E-state index in [9.17, 15) is 9.70 Å². The second-order valence-electron chi connectivity index (χ2n) is 3.84. The average Bonchev–Trinajstić information content (AvgIpc) is 2.43. The van der Waals surface area contributed by atoms with Crippen molar-refractivity contribution in [3.63, 3.8) is 0 Å². The van der Waals surface area contributed by atoms with Gasteiger partial charge in [-0.05, 0) is 37.0 Å². The van der Waals surface area contributed by atoms with Gasteiger partial charge in [-0.15, -0.1) is 4.91 Å². The molecular weight excluding hydrogens is 234 g/mol. The van der Waals surface area contributed by atoms with Crippen LogP contribution >= 0.6 is 0 Å². The van der Waals surface area contributed by atoms with Gasteiger partial charge in [-0.1, -0.05) is 12.1 Å². The number of rotatable bonds is 8. The van der Waals surface area contributed by atoms with E-state index in [1.165, 1.54) is 5.56 Å². The van der Waals surface area contributed by atoms with Gasteiger partial charge < -0.3 is 9.47 Å². The average molecular weight is 251 g/mol. The highest BCUT2D eigenvalue weighted by Gasteiger charge is 2.00. The lowest BCUT2D eigenvalue weighted by Crippen LogP contribution is -2.06. The van der Waals surface area contributed by atoms with Crippen LogP contribution in [-0.2, 0) is 16.0 Å². The summed E-state index contributed by atoms with van der Waals surface area (Å²) in [7, 11) is 1.64. The van der Waals surface area contributed by atoms with Crippen molar-refractivity contribution in [2.45, 2.75) is 19.3 Å². The quantitative estimate of drug-likeness (QED) is 0.525. The first-order chi connectivity index (χ1) is 8.76. The highest BCUT2D eigenvalue weighted by Crippen LogP contribution is 2.13. The minimum Gasteiger partial charge on any atom is -0.497 e. The number of nitroso groups, excluding NO2 is 1. The number of carbonyl (C=O) groups is 1. The molecule has 0 unspecified atom stereocenters. The molecule has 1 amide bonds. The van der Waals surface area contributed by atoms with Crippen LogP contribution in [0, 0.1) is 4.91 Å². The van der Waals surface area contributed by atoms with Crippen LogP contribution in [0.15, 0.2) is 29.4 Å². The highest BCUT2D eigenvalue weighted by molar-refractivity contribution is 5.77. The third-order valence-electron chi connectivity index (χ3n) is 2.49. The lowest BCUT2D eigenvalue weighted by molar-refractivity contribution is -0.122. The van der Waals surface area contributed by atoms with Gasteiger partial charge in [0.25, 0.3) is 0 Å². The van der Waals surface area contributed by atoms with Crippen molar-refractivity contribution in [1.82, 2.24) is 0 Å². The number of carbonyl (C=O) groups excluding carboxylic acids is 1. The first kappa shape index (κ1) is 14.3. The van der Waals surface area contributed by atoms with Gasteiger partial charge in [0, 0.05) is 11.8 Å². The Kier molecular flexibility index (Phi) is 6.64. The van der Waals surface area contributed by atoms with Crippen LogP contribution in [0.4, 0.5) is 0 Å². The van der Waals surface area contributed by atoms with E-state index in [1.807, 2.05) is 24.3 Å². The number of methoxy groups -OCH3 is 1. The minimum atomic E-state index is -0.759. The largest absolute Gasteiger partial charge is 0.497 e. The lowest BCUT2D eigenvalue weighted by atomic mass is 10.1. The maximum atomic E-state index is 10.5. The fourth-order valence-corrected chi connectivity index (χ4v) is 1.51. The zero-order chi connectivity index (χ0) is 13.2. The van der Waals surface area contributed by atoms with Crippen LogP contribution in [0.1, 0.15) is 18.4 Å². The Morgan fingerprint density at radius 1 is 1.22 bits per heavy atom. The van der Waals surface area contributed by atoms with E-state index in [4.69, 9.17) is 9.47 Å². The number of ether oxygens (including phenoxy) is 2. The number of unbranched alkanes of at least 4 members (excludes halogenated alkanes) is 1. The Labute approximate surface area is 106 Å². The topological polar surface area (TPSA) is 65.0 Å². The third-order valence-corrected chi connectivity index (χ3v) is 2.49. The molecule has 1 aromatic rings. The fraction of sp³-hybridized carbons (Fsp3) is 0.462. The summed E-state index contributed by atoms with van der Waals surface area (Å²) in [6.45, 7) is 0.253. The van der Waals surface area contributed by atoms with Gasteiger partial charge >= 0.3 is 5.91 Å². The van der Waals surface area contributed by atoms with Crippen molar-refractivity contribution in [1.29, 1.82) is 0 Å². The molecule has 0 aliphatic rings. The molecule has 0 radical (unpaired) electrons. The van der Waals surface area contributed by atoms with Gasteiger partial charge in [-0.2, -0.15) is 0 Å². The SMILES string of the molecule is COc1ccc(CCCCOCC(=O)N=O)cc1. The van der Waals surface area contributed by atoms with Crippen LogP contribution < -0.4 is 4.74 Å². The van der Waals surface area contributed by atoms with E-state index in [0.29, 0.717) is 6.61 Å². The van der Waals surface area contributed by atoms with Gasteiger partial charge in [0.1, 0.15) is 12.4 Å². The molecule has 0 aliphatic heterocycles. The number of hydrogen-bond acceptors (Lipinski definition) is 4. The first-order valence-corrected chi connectivity index (χ1v) is 5.83. The van der Waals surface area contributed by atoms with Gasteiger partial charge in [-0.25, -0.2) is 0 Å². The smallest absolute Gasteiger partial charge is 0.311 e. The van der Waals surface area contributed by atoms with E-state index in [2.05, 4.69) is 5.18 Å². The van der Waals surface area contributed by atoms with Crippen molar-refractivity contribution in [2.24, 2.45) is 5.18 Å². The predicted molar refractivity (Wildman–Crippen MR) is 67.6 cm³/mol. The van der Waals surface area contributed by atoms with Crippen molar-refractivity contribution in [2.75, 3.05) is 20.3 Å². The zero-order valence-corrected chi connectivity index (χ0v) is 10.4. The molecule has 0 spiro atoms. The van der Waals surface area contributed by atoms with Crippen molar-refractivity contribution < 1.29 is 14.3 Å². The first-order valence-electron chi connectivity index (χ1n) is 5.83. The molecule has 98 valence electrons. The van der Waals surface area contributed by atoms with E-state index in [-0.39, 0.29) is 6.61 Å². The van der Waals surface area contributed by atoms with Crippen molar-refractivity contribution >= 4 is 5.91 Å². The van der Waals surface area contributed by atoms with Crippen LogP contribution in [0.5, 0.6) is 5.75 Å². The van der Waals surface area contributed by atoms with E-state index in [1.54, 1.807) is 7.11 Å². The second-order valence-corrected chi connectivity index (χ2v) is 3.84. The maximum absolute atomic E-state index is 10.5. The van der Waals surface area contributed by atoms with E-state index in [0.717, 1.165) is 25.0 Å². The van der Waals surface area contributed by atoms with Crippen molar-refractivity contribution in [3.05, 3.63) is 34.7 Å². The van der Waals surface area contributed by atoms with Crippen LogP contribution in [-0.4, -0.2) is 26.2 Å². The summed E-state index contributed by atoms with van der Waals surface area (Å²) in [5, 5.41) is 2.24. The molecule has 0 aromatic heterocycles. The molecule has 0 N–H and O–H groups in total. The summed E-state index contributed by atoms with van der Waals surface area (Å²) in [6.07, 6.45) is 2.76. The summed E-state index contributed by atoms with van der Waals surface area (Å²) < 4.78 is 10.1. The number of aryl methyl sites for hydroxylation is 1. The molecule has 0 fully saturated rings. The summed E-state index contributed by atoms with van der Waals surface area (Å²) in [5.41, 5.74) is 1.24. The maximum Gasteiger partial charge on any atom is 0.311 e. The summed E-state index contributed by atoms with van der Waals surface area (Å²) >= 11 is 0. The zero-order valence-electron chi connectivity index (χ0n) is 10.4. The molecule has 0 heterocycles. The second kappa shape index (κ2) is 8.36. The fourth-order valence-electron chi connectivity index (χ4n) is 1.51. The van der Waals surface area contributed by atoms with Gasteiger partial charge in [0.05, 0.1) is 7.11 Å². The normalized spacial score (nSPS) is 10.1. The molecule has 0 saturated carbocycles. The minimum absolute atomic E-state index is 0.216. The Bertz CT molecular complexity index is 375. The van der Waals surface area contributed by atoms with Gasteiger partial charge in [-0.3, -0.25) is 4.79 Å². The van der Waals surface area contributed by atoms with Crippen LogP contribution in [0.2, 0.25) is 0 Å². The van der Waals surface area contributed by atoms with Crippen molar-refractivity contribution in [3.8, 4) is 5.75 Å². The molecule has 5 heteroatoms. The molecule has 1 rings (SSSR count). The number of nitrogens with zero attached hydrogens (tertiary/aromatic N) is 1. The number of hydrogen-bond donors (Lipinski definition) is 0. The Balaban J connectivity index is 2.10. The molecule has 0 aliphatic carbocycles. The standard InChI is InChI=1S/C13H17NO4/c1-17-12-7-5-11(6-8-12)4-2-3-9-18-10-13(15)14-16/h5-8H,2-4,9-10H2,1H3. The summed E-state index contributed by atoms with van der Waals surface area (Å²) in [6, 6.07) is 7.92.